The average molecular weight is 357 g/mol. The molecule has 2 aromatic rings. The summed E-state index contributed by atoms with van der Waals surface area (Å²) in [5.41, 5.74) is 8.33. The van der Waals surface area contributed by atoms with Crippen LogP contribution in [0, 0.1) is 19.8 Å². The molecule has 3 N–H and O–H groups in total. The van der Waals surface area contributed by atoms with Gasteiger partial charge in [-0.3, -0.25) is 4.79 Å². The molecule has 6 heteroatoms. The van der Waals surface area contributed by atoms with Gasteiger partial charge in [-0.15, -0.1) is 0 Å². The number of ether oxygens (including phenoxy) is 1. The van der Waals surface area contributed by atoms with E-state index in [0.29, 0.717) is 25.5 Å². The first kappa shape index (κ1) is 18.5. The van der Waals surface area contributed by atoms with Gasteiger partial charge >= 0.3 is 0 Å². The molecule has 0 saturated heterocycles. The van der Waals surface area contributed by atoms with Crippen molar-refractivity contribution in [3.05, 3.63) is 46.8 Å². The number of nitrogens with two attached hydrogens (primary N) is 1. The second kappa shape index (κ2) is 7.50. The molecular weight excluding hydrogens is 330 g/mol. The predicted molar refractivity (Wildman–Crippen MR) is 98.8 cm³/mol. The fraction of sp³-hybridized carbons (Fsp3) is 0.500. The maximum absolute atomic E-state index is 12.3. The van der Waals surface area contributed by atoms with Crippen LogP contribution in [0.5, 0.6) is 5.75 Å². The van der Waals surface area contributed by atoms with Crippen molar-refractivity contribution >= 4 is 5.91 Å². The van der Waals surface area contributed by atoms with E-state index < -0.39 is 0 Å². The highest BCUT2D eigenvalue weighted by Gasteiger charge is 2.41. The zero-order valence-electron chi connectivity index (χ0n) is 15.7. The highest BCUT2D eigenvalue weighted by atomic mass is 16.5. The molecule has 1 atom stereocenters. The van der Waals surface area contributed by atoms with Gasteiger partial charge in [-0.2, -0.15) is 0 Å². The van der Waals surface area contributed by atoms with Gasteiger partial charge in [0.15, 0.2) is 0 Å². The predicted octanol–water partition coefficient (Wildman–Crippen LogP) is 2.66. The van der Waals surface area contributed by atoms with Gasteiger partial charge in [0.1, 0.15) is 18.1 Å². The largest absolute Gasteiger partial charge is 0.489 e. The highest BCUT2D eigenvalue weighted by molar-refractivity contribution is 5.79. The summed E-state index contributed by atoms with van der Waals surface area (Å²) >= 11 is 0. The van der Waals surface area contributed by atoms with Crippen LogP contribution in [0.25, 0.3) is 0 Å². The van der Waals surface area contributed by atoms with Crippen LogP contribution >= 0.6 is 0 Å². The minimum atomic E-state index is -0.283. The molecule has 1 aliphatic carbocycles. The Bertz CT molecular complexity index is 746. The summed E-state index contributed by atoms with van der Waals surface area (Å²) in [6.45, 7) is 6.69. The van der Waals surface area contributed by atoms with Crippen molar-refractivity contribution in [3.63, 3.8) is 0 Å². The Morgan fingerprint density at radius 1 is 1.35 bits per heavy atom. The first-order chi connectivity index (χ1) is 12.4. The lowest BCUT2D eigenvalue weighted by Crippen LogP contribution is -2.53. The molecule has 1 saturated carbocycles. The van der Waals surface area contributed by atoms with E-state index in [2.05, 4.69) is 10.5 Å². The normalized spacial score (nSPS) is 16.2. The van der Waals surface area contributed by atoms with Crippen molar-refractivity contribution in [1.82, 2.24) is 10.5 Å². The van der Waals surface area contributed by atoms with E-state index in [1.165, 1.54) is 0 Å². The molecule has 140 valence electrons. The SMILES string of the molecule is Cc1noc(C)c1COc1ccc(CC(=O)NC(C)(CN)C2CC2)cc1. The van der Waals surface area contributed by atoms with E-state index in [-0.39, 0.29) is 11.4 Å². The highest BCUT2D eigenvalue weighted by Crippen LogP contribution is 2.39. The van der Waals surface area contributed by atoms with Gasteiger partial charge in [-0.1, -0.05) is 17.3 Å². The molecule has 0 radical (unpaired) electrons. The van der Waals surface area contributed by atoms with Gasteiger partial charge in [-0.25, -0.2) is 0 Å². The zero-order valence-corrected chi connectivity index (χ0v) is 15.7. The number of rotatable bonds is 8. The number of carbonyl (C=O) groups is 1. The minimum Gasteiger partial charge on any atom is -0.489 e. The van der Waals surface area contributed by atoms with Crippen LogP contribution in [-0.2, 0) is 17.8 Å². The van der Waals surface area contributed by atoms with Gasteiger partial charge in [0, 0.05) is 6.54 Å². The number of nitrogens with one attached hydrogen (secondary N) is 1. The standard InChI is InChI=1S/C20H27N3O3/c1-13-18(14(2)26-23-13)11-25-17-8-4-15(5-9-17)10-19(24)22-20(3,12-21)16-6-7-16/h4-5,8-9,16H,6-7,10-12,21H2,1-3H3,(H,22,24). The van der Waals surface area contributed by atoms with E-state index in [0.717, 1.165) is 41.2 Å². The molecule has 0 aliphatic heterocycles. The monoisotopic (exact) mass is 357 g/mol. The fourth-order valence-electron chi connectivity index (χ4n) is 3.16. The summed E-state index contributed by atoms with van der Waals surface area (Å²) in [6.07, 6.45) is 2.63. The van der Waals surface area contributed by atoms with Crippen LogP contribution in [0.2, 0.25) is 0 Å². The van der Waals surface area contributed by atoms with E-state index in [1.807, 2.05) is 45.0 Å². The summed E-state index contributed by atoms with van der Waals surface area (Å²) in [4.78, 5) is 12.3. The molecule has 26 heavy (non-hydrogen) atoms. The van der Waals surface area contributed by atoms with Crippen LogP contribution in [0.15, 0.2) is 28.8 Å². The molecule has 1 unspecified atom stereocenters. The van der Waals surface area contributed by atoms with Gasteiger partial charge in [0.2, 0.25) is 5.91 Å². The van der Waals surface area contributed by atoms with Crippen molar-refractivity contribution in [2.45, 2.75) is 52.2 Å². The lowest BCUT2D eigenvalue weighted by Gasteiger charge is -2.29. The second-order valence-corrected chi connectivity index (χ2v) is 7.36. The topological polar surface area (TPSA) is 90.4 Å². The van der Waals surface area contributed by atoms with Crippen LogP contribution in [-0.4, -0.2) is 23.1 Å². The van der Waals surface area contributed by atoms with Crippen LogP contribution in [0.1, 0.15) is 42.3 Å². The lowest BCUT2D eigenvalue weighted by atomic mass is 9.95. The number of carbonyl (C=O) groups excluding carboxylic acids is 1. The first-order valence-electron chi connectivity index (χ1n) is 9.06. The second-order valence-electron chi connectivity index (χ2n) is 7.36. The van der Waals surface area contributed by atoms with Crippen LogP contribution in [0.4, 0.5) is 0 Å². The van der Waals surface area contributed by atoms with E-state index in [1.54, 1.807) is 0 Å². The van der Waals surface area contributed by atoms with Gasteiger partial charge in [-0.05, 0) is 57.2 Å². The maximum atomic E-state index is 12.3. The minimum absolute atomic E-state index is 0.00856. The Labute approximate surface area is 154 Å². The number of nitrogens with zero attached hydrogens (tertiary/aromatic N) is 1. The van der Waals surface area contributed by atoms with Crippen LogP contribution in [0.3, 0.4) is 0 Å². The van der Waals surface area contributed by atoms with Crippen molar-refractivity contribution in [3.8, 4) is 5.75 Å². The third-order valence-electron chi connectivity index (χ3n) is 5.18. The molecule has 0 spiro atoms. The van der Waals surface area contributed by atoms with Crippen LogP contribution < -0.4 is 15.8 Å². The Morgan fingerprint density at radius 2 is 2.04 bits per heavy atom. The third-order valence-corrected chi connectivity index (χ3v) is 5.18. The quantitative estimate of drug-likeness (QED) is 0.758. The summed E-state index contributed by atoms with van der Waals surface area (Å²) in [7, 11) is 0. The van der Waals surface area contributed by atoms with Crippen molar-refractivity contribution in [2.24, 2.45) is 11.7 Å². The fourth-order valence-corrected chi connectivity index (χ4v) is 3.16. The number of hydrogen-bond donors (Lipinski definition) is 2. The van der Waals surface area contributed by atoms with Crippen molar-refractivity contribution in [1.29, 1.82) is 0 Å². The summed E-state index contributed by atoms with van der Waals surface area (Å²) in [5, 5.41) is 7.03. The number of hydrogen-bond acceptors (Lipinski definition) is 5. The Hall–Kier alpha value is -2.34. The molecule has 1 heterocycles. The van der Waals surface area contributed by atoms with Gasteiger partial charge < -0.3 is 20.3 Å². The van der Waals surface area contributed by atoms with E-state index in [4.69, 9.17) is 15.0 Å². The number of amides is 1. The Balaban J connectivity index is 1.53. The molecule has 3 rings (SSSR count). The summed E-state index contributed by atoms with van der Waals surface area (Å²) in [5.74, 6) is 2.04. The molecule has 1 fully saturated rings. The number of aryl methyl sites for hydroxylation is 2. The number of aromatic nitrogens is 1. The van der Waals surface area contributed by atoms with Crippen molar-refractivity contribution < 1.29 is 14.1 Å². The van der Waals surface area contributed by atoms with Gasteiger partial charge in [0.05, 0.1) is 23.2 Å². The average Bonchev–Trinajstić information content (AvgIpc) is 3.42. The summed E-state index contributed by atoms with van der Waals surface area (Å²) in [6, 6.07) is 7.59. The Morgan fingerprint density at radius 3 is 2.58 bits per heavy atom. The van der Waals surface area contributed by atoms with E-state index in [9.17, 15) is 4.79 Å². The lowest BCUT2D eigenvalue weighted by molar-refractivity contribution is -0.122. The third kappa shape index (κ3) is 4.25. The molecule has 0 bridgehead atoms. The molecule has 1 aromatic heterocycles. The smallest absolute Gasteiger partial charge is 0.224 e. The van der Waals surface area contributed by atoms with Gasteiger partial charge in [0.25, 0.3) is 0 Å². The maximum Gasteiger partial charge on any atom is 0.224 e. The molecule has 1 aliphatic rings. The first-order valence-corrected chi connectivity index (χ1v) is 9.06. The van der Waals surface area contributed by atoms with E-state index >= 15 is 0 Å². The zero-order chi connectivity index (χ0) is 18.7. The number of benzene rings is 1. The van der Waals surface area contributed by atoms with Crippen molar-refractivity contribution in [2.75, 3.05) is 6.54 Å². The summed E-state index contributed by atoms with van der Waals surface area (Å²) < 4.78 is 10.9. The molecule has 6 nitrogen and oxygen atoms in total. The molecule has 1 amide bonds. The molecule has 1 aromatic carbocycles. The molecular formula is C20H27N3O3. The Kier molecular flexibility index (Phi) is 5.32.